The van der Waals surface area contributed by atoms with Gasteiger partial charge in [-0.1, -0.05) is 0 Å². The molecule has 0 aromatic heterocycles. The van der Waals surface area contributed by atoms with E-state index in [1.165, 1.54) is 0 Å². The van der Waals surface area contributed by atoms with Crippen LogP contribution in [0.25, 0.3) is 0 Å². The zero-order chi connectivity index (χ0) is 11.3. The Bertz CT molecular complexity index is 230. The fraction of sp³-hybridized carbons (Fsp3) is 0.800. The van der Waals surface area contributed by atoms with Crippen molar-refractivity contribution in [2.24, 2.45) is 5.92 Å². The van der Waals surface area contributed by atoms with Crippen LogP contribution in [-0.4, -0.2) is 29.9 Å². The summed E-state index contributed by atoms with van der Waals surface area (Å²) in [6.07, 6.45) is 1.51. The van der Waals surface area contributed by atoms with Crippen LogP contribution in [0.5, 0.6) is 0 Å². The van der Waals surface area contributed by atoms with Crippen molar-refractivity contribution in [3.05, 3.63) is 0 Å². The lowest BCUT2D eigenvalue weighted by molar-refractivity contribution is -0.143. The summed E-state index contributed by atoms with van der Waals surface area (Å²) in [5.74, 6) is -1.04. The molecule has 5 nitrogen and oxygen atoms in total. The molecule has 0 aromatic rings. The van der Waals surface area contributed by atoms with Crippen LogP contribution in [-0.2, 0) is 14.3 Å². The molecule has 0 amide bonds. The smallest absolute Gasteiger partial charge is 0.481 e. The summed E-state index contributed by atoms with van der Waals surface area (Å²) in [5, 5.41) is 8.76. The van der Waals surface area contributed by atoms with E-state index < -0.39 is 12.1 Å². The van der Waals surface area contributed by atoms with Crippen LogP contribution in [0.1, 0.15) is 32.6 Å². The monoisotopic (exact) mass is 216 g/mol. The van der Waals surface area contributed by atoms with E-state index in [-0.39, 0.29) is 12.0 Å². The van der Waals surface area contributed by atoms with Gasteiger partial charge in [0.1, 0.15) is 6.10 Å². The molecule has 1 saturated carbocycles. The molecule has 0 radical (unpaired) electrons. The normalized spacial score (nSPS) is 25.7. The maximum atomic E-state index is 11.0. The van der Waals surface area contributed by atoms with Crippen molar-refractivity contribution in [1.29, 1.82) is 0 Å². The number of hydrogen-bond acceptors (Lipinski definition) is 4. The first-order chi connectivity index (χ1) is 7.13. The summed E-state index contributed by atoms with van der Waals surface area (Å²) in [6, 6.07) is 0. The van der Waals surface area contributed by atoms with E-state index in [1.807, 2.05) is 0 Å². The summed E-state index contributed by atoms with van der Waals surface area (Å²) >= 11 is 0. The first kappa shape index (κ1) is 11.8. The molecule has 0 spiro atoms. The standard InChI is InChI=1S/C10H16O5/c1-2-14-10(13)15-8-5-3-7(4-6-8)9(11)12/h7-8H,2-6H2,1H3,(H,11,12)/t7-,8-. The predicted molar refractivity (Wildman–Crippen MR) is 51.5 cm³/mol. The highest BCUT2D eigenvalue weighted by molar-refractivity contribution is 5.70. The fourth-order valence-electron chi connectivity index (χ4n) is 1.72. The van der Waals surface area contributed by atoms with E-state index in [1.54, 1.807) is 6.92 Å². The van der Waals surface area contributed by atoms with Crippen molar-refractivity contribution < 1.29 is 24.2 Å². The second-order valence-corrected chi connectivity index (χ2v) is 3.61. The Kier molecular flexibility index (Phi) is 4.39. The van der Waals surface area contributed by atoms with E-state index in [0.29, 0.717) is 32.3 Å². The molecule has 15 heavy (non-hydrogen) atoms. The minimum absolute atomic E-state index is 0.181. The summed E-state index contributed by atoms with van der Waals surface area (Å²) in [5.41, 5.74) is 0. The van der Waals surface area contributed by atoms with Gasteiger partial charge in [-0.3, -0.25) is 4.79 Å². The topological polar surface area (TPSA) is 72.8 Å². The van der Waals surface area contributed by atoms with Crippen LogP contribution in [0.15, 0.2) is 0 Å². The lowest BCUT2D eigenvalue weighted by Gasteiger charge is -2.25. The first-order valence-corrected chi connectivity index (χ1v) is 5.19. The van der Waals surface area contributed by atoms with Gasteiger partial charge >= 0.3 is 12.1 Å². The number of carbonyl (C=O) groups is 2. The van der Waals surface area contributed by atoms with Crippen molar-refractivity contribution in [3.63, 3.8) is 0 Å². The van der Waals surface area contributed by atoms with E-state index >= 15 is 0 Å². The molecule has 0 bridgehead atoms. The maximum absolute atomic E-state index is 11.0. The molecule has 0 aliphatic heterocycles. The van der Waals surface area contributed by atoms with Crippen LogP contribution in [0.2, 0.25) is 0 Å². The van der Waals surface area contributed by atoms with Crippen molar-refractivity contribution in [2.45, 2.75) is 38.7 Å². The lowest BCUT2D eigenvalue weighted by atomic mass is 9.87. The number of carbonyl (C=O) groups excluding carboxylic acids is 1. The molecule has 5 heteroatoms. The van der Waals surface area contributed by atoms with E-state index in [2.05, 4.69) is 4.74 Å². The Hall–Kier alpha value is -1.26. The van der Waals surface area contributed by atoms with Crippen LogP contribution in [0.4, 0.5) is 4.79 Å². The molecule has 1 aliphatic carbocycles. The lowest BCUT2D eigenvalue weighted by Crippen LogP contribution is -2.28. The fourth-order valence-corrected chi connectivity index (χ4v) is 1.72. The second kappa shape index (κ2) is 5.58. The Balaban J connectivity index is 2.25. The third kappa shape index (κ3) is 3.77. The molecule has 86 valence electrons. The van der Waals surface area contributed by atoms with Gasteiger partial charge < -0.3 is 14.6 Å². The average molecular weight is 216 g/mol. The Morgan fingerprint density at radius 1 is 1.27 bits per heavy atom. The molecular formula is C10H16O5. The van der Waals surface area contributed by atoms with Gasteiger partial charge in [-0.2, -0.15) is 0 Å². The summed E-state index contributed by atoms with van der Waals surface area (Å²) < 4.78 is 9.65. The molecule has 0 unspecified atom stereocenters. The van der Waals surface area contributed by atoms with Crippen LogP contribution >= 0.6 is 0 Å². The highest BCUT2D eigenvalue weighted by Crippen LogP contribution is 2.26. The minimum Gasteiger partial charge on any atom is -0.481 e. The number of ether oxygens (including phenoxy) is 2. The second-order valence-electron chi connectivity index (χ2n) is 3.61. The zero-order valence-corrected chi connectivity index (χ0v) is 8.77. The zero-order valence-electron chi connectivity index (χ0n) is 8.77. The minimum atomic E-state index is -0.760. The van der Waals surface area contributed by atoms with E-state index in [4.69, 9.17) is 9.84 Å². The number of carboxylic acids is 1. The average Bonchev–Trinajstić information content (AvgIpc) is 2.18. The van der Waals surface area contributed by atoms with Gasteiger partial charge in [-0.25, -0.2) is 4.79 Å². The quantitative estimate of drug-likeness (QED) is 0.728. The molecule has 0 heterocycles. The van der Waals surface area contributed by atoms with Crippen LogP contribution in [0.3, 0.4) is 0 Å². The van der Waals surface area contributed by atoms with Gasteiger partial charge in [-0.05, 0) is 32.6 Å². The van der Waals surface area contributed by atoms with E-state index in [9.17, 15) is 9.59 Å². The number of aliphatic carboxylic acids is 1. The van der Waals surface area contributed by atoms with Gasteiger partial charge in [0.15, 0.2) is 0 Å². The predicted octanol–water partition coefficient (Wildman–Crippen LogP) is 1.80. The van der Waals surface area contributed by atoms with Gasteiger partial charge in [0.2, 0.25) is 0 Å². The maximum Gasteiger partial charge on any atom is 0.508 e. The van der Waals surface area contributed by atoms with Crippen molar-refractivity contribution >= 4 is 12.1 Å². The SMILES string of the molecule is CCOC(=O)O[C@H]1CC[C@H](C(=O)O)CC1. The largest absolute Gasteiger partial charge is 0.508 e. The van der Waals surface area contributed by atoms with E-state index in [0.717, 1.165) is 0 Å². The summed E-state index contributed by atoms with van der Waals surface area (Å²) in [4.78, 5) is 21.6. The van der Waals surface area contributed by atoms with Gasteiger partial charge in [0.05, 0.1) is 12.5 Å². The number of hydrogen-bond donors (Lipinski definition) is 1. The number of rotatable bonds is 3. The Morgan fingerprint density at radius 2 is 1.87 bits per heavy atom. The molecule has 1 rings (SSSR count). The summed E-state index contributed by atoms with van der Waals surface area (Å²) in [6.45, 7) is 2.01. The molecule has 1 aliphatic rings. The van der Waals surface area contributed by atoms with Crippen molar-refractivity contribution in [1.82, 2.24) is 0 Å². The summed E-state index contributed by atoms with van der Waals surface area (Å²) in [7, 11) is 0. The molecule has 0 aromatic carbocycles. The van der Waals surface area contributed by atoms with Crippen molar-refractivity contribution in [2.75, 3.05) is 6.61 Å². The first-order valence-electron chi connectivity index (χ1n) is 5.19. The highest BCUT2D eigenvalue weighted by Gasteiger charge is 2.28. The molecular weight excluding hydrogens is 200 g/mol. The Morgan fingerprint density at radius 3 is 2.33 bits per heavy atom. The molecule has 1 N–H and O–H groups in total. The van der Waals surface area contributed by atoms with Gasteiger partial charge in [0.25, 0.3) is 0 Å². The number of carboxylic acid groups (broad SMARTS) is 1. The third-order valence-corrected chi connectivity index (χ3v) is 2.55. The molecule has 0 atom stereocenters. The molecule has 0 saturated heterocycles. The van der Waals surface area contributed by atoms with Crippen LogP contribution in [0, 0.1) is 5.92 Å². The Labute approximate surface area is 88.4 Å². The molecule has 1 fully saturated rings. The van der Waals surface area contributed by atoms with Gasteiger partial charge in [-0.15, -0.1) is 0 Å². The van der Waals surface area contributed by atoms with Crippen LogP contribution < -0.4 is 0 Å². The van der Waals surface area contributed by atoms with Gasteiger partial charge in [0, 0.05) is 0 Å². The highest BCUT2D eigenvalue weighted by atomic mass is 16.7. The van der Waals surface area contributed by atoms with Crippen molar-refractivity contribution in [3.8, 4) is 0 Å². The third-order valence-electron chi connectivity index (χ3n) is 2.55.